The number of rotatable bonds is 3. The van der Waals surface area contributed by atoms with Crippen LogP contribution in [0.3, 0.4) is 0 Å². The fourth-order valence-corrected chi connectivity index (χ4v) is 5.13. The number of H-pyrrole nitrogens is 1. The zero-order chi connectivity index (χ0) is 17.5. The van der Waals surface area contributed by atoms with E-state index in [9.17, 15) is 0 Å². The molecule has 6 nitrogen and oxygen atoms in total. The van der Waals surface area contributed by atoms with E-state index in [-0.39, 0.29) is 0 Å². The Morgan fingerprint density at radius 1 is 1.27 bits per heavy atom. The van der Waals surface area contributed by atoms with Crippen molar-refractivity contribution in [3.63, 3.8) is 0 Å². The van der Waals surface area contributed by atoms with E-state index in [1.54, 1.807) is 0 Å². The summed E-state index contributed by atoms with van der Waals surface area (Å²) in [5.41, 5.74) is 2.79. The molecule has 2 aliphatic rings. The predicted molar refractivity (Wildman–Crippen MR) is 104 cm³/mol. The minimum Gasteiger partial charge on any atom is -0.356 e. The lowest BCUT2D eigenvalue weighted by atomic mass is 10.0. The zero-order valence-corrected chi connectivity index (χ0v) is 15.7. The molecule has 2 aliphatic heterocycles. The summed E-state index contributed by atoms with van der Waals surface area (Å²) in [5, 5.41) is 7.01. The maximum absolute atomic E-state index is 4.90. The van der Waals surface area contributed by atoms with Crippen molar-refractivity contribution in [2.45, 2.75) is 32.2 Å². The number of nitrogens with zero attached hydrogens (tertiary/aromatic N) is 5. The van der Waals surface area contributed by atoms with E-state index in [1.807, 2.05) is 36.0 Å². The van der Waals surface area contributed by atoms with Gasteiger partial charge in [0, 0.05) is 47.7 Å². The van der Waals surface area contributed by atoms with Crippen molar-refractivity contribution >= 4 is 23.1 Å². The fraction of sp³-hybridized carbons (Fsp3) is 0.421. The van der Waals surface area contributed by atoms with Gasteiger partial charge in [-0.05, 0) is 43.0 Å². The Morgan fingerprint density at radius 3 is 3.12 bits per heavy atom. The van der Waals surface area contributed by atoms with Gasteiger partial charge >= 0.3 is 0 Å². The van der Waals surface area contributed by atoms with Crippen LogP contribution in [0, 0.1) is 6.92 Å². The van der Waals surface area contributed by atoms with Crippen LogP contribution in [0.15, 0.2) is 30.7 Å². The van der Waals surface area contributed by atoms with Gasteiger partial charge in [0.15, 0.2) is 0 Å². The smallest absolute Gasteiger partial charge is 0.227 e. The van der Waals surface area contributed by atoms with Gasteiger partial charge in [-0.15, -0.1) is 11.3 Å². The summed E-state index contributed by atoms with van der Waals surface area (Å²) >= 11 is 1.90. The molecule has 0 aliphatic carbocycles. The van der Waals surface area contributed by atoms with Crippen LogP contribution < -0.4 is 9.80 Å². The Kier molecular flexibility index (Phi) is 3.89. The maximum Gasteiger partial charge on any atom is 0.227 e. The van der Waals surface area contributed by atoms with Crippen molar-refractivity contribution in [3.05, 3.63) is 51.6 Å². The zero-order valence-electron chi connectivity index (χ0n) is 14.9. The van der Waals surface area contributed by atoms with Gasteiger partial charge in [-0.3, -0.25) is 5.10 Å². The summed E-state index contributed by atoms with van der Waals surface area (Å²) in [4.78, 5) is 17.0. The van der Waals surface area contributed by atoms with Gasteiger partial charge in [-0.2, -0.15) is 10.1 Å². The predicted octanol–water partition coefficient (Wildman–Crippen LogP) is 3.13. The number of anilines is 2. The first kappa shape index (κ1) is 15.8. The molecular formula is C19H22N6S. The second kappa shape index (κ2) is 6.39. The van der Waals surface area contributed by atoms with E-state index in [0.29, 0.717) is 5.92 Å². The van der Waals surface area contributed by atoms with Gasteiger partial charge in [0.1, 0.15) is 5.82 Å². The Hall–Kier alpha value is -2.41. The fourth-order valence-electron chi connectivity index (χ4n) is 4.03. The van der Waals surface area contributed by atoms with Gasteiger partial charge in [-0.1, -0.05) is 0 Å². The SMILES string of the molecule is Cc1cc2c(s1)CN(c1nccc(N3CCC(c4cn[nH]c4)C3)n1)CC2. The van der Waals surface area contributed by atoms with Crippen LogP contribution in [0.5, 0.6) is 0 Å². The van der Waals surface area contributed by atoms with Gasteiger partial charge < -0.3 is 9.80 Å². The topological polar surface area (TPSA) is 60.9 Å². The van der Waals surface area contributed by atoms with Crippen molar-refractivity contribution in [2.24, 2.45) is 0 Å². The third-order valence-corrected chi connectivity index (χ3v) is 6.50. The van der Waals surface area contributed by atoms with Crippen molar-refractivity contribution in [1.82, 2.24) is 20.2 Å². The molecule has 0 amide bonds. The summed E-state index contributed by atoms with van der Waals surface area (Å²) in [7, 11) is 0. The van der Waals surface area contributed by atoms with Crippen LogP contribution in [0.4, 0.5) is 11.8 Å². The number of aromatic nitrogens is 4. The molecule has 1 fully saturated rings. The molecule has 3 aromatic rings. The van der Waals surface area contributed by atoms with E-state index < -0.39 is 0 Å². The van der Waals surface area contributed by atoms with Gasteiger partial charge in [0.05, 0.1) is 12.7 Å². The van der Waals surface area contributed by atoms with Crippen molar-refractivity contribution in [1.29, 1.82) is 0 Å². The minimum absolute atomic E-state index is 0.527. The lowest BCUT2D eigenvalue weighted by molar-refractivity contribution is 0.716. The van der Waals surface area contributed by atoms with Gasteiger partial charge in [-0.25, -0.2) is 4.98 Å². The Balaban J connectivity index is 1.33. The molecule has 1 unspecified atom stereocenters. The van der Waals surface area contributed by atoms with Crippen LogP contribution >= 0.6 is 11.3 Å². The number of hydrogen-bond acceptors (Lipinski definition) is 6. The largest absolute Gasteiger partial charge is 0.356 e. The monoisotopic (exact) mass is 366 g/mol. The molecule has 1 atom stereocenters. The first-order chi connectivity index (χ1) is 12.8. The van der Waals surface area contributed by atoms with Crippen LogP contribution in [0.25, 0.3) is 0 Å². The number of thiophene rings is 1. The minimum atomic E-state index is 0.527. The molecule has 134 valence electrons. The molecule has 26 heavy (non-hydrogen) atoms. The highest BCUT2D eigenvalue weighted by Crippen LogP contribution is 2.32. The molecule has 0 bridgehead atoms. The molecule has 3 aromatic heterocycles. The first-order valence-electron chi connectivity index (χ1n) is 9.16. The molecule has 1 saturated heterocycles. The number of nitrogens with one attached hydrogen (secondary N) is 1. The van der Waals surface area contributed by atoms with Crippen LogP contribution in [-0.2, 0) is 13.0 Å². The Morgan fingerprint density at radius 2 is 2.23 bits per heavy atom. The summed E-state index contributed by atoms with van der Waals surface area (Å²) in [6, 6.07) is 4.36. The Labute approximate surface area is 156 Å². The highest BCUT2D eigenvalue weighted by Gasteiger charge is 2.26. The highest BCUT2D eigenvalue weighted by atomic mass is 32.1. The standard InChI is InChI=1S/C19H22N6S/c1-13-8-14-3-7-25(12-17(14)26-13)19-20-5-2-18(23-19)24-6-4-15(11-24)16-9-21-22-10-16/h2,5,8-10,15H,3-4,6-7,11-12H2,1H3,(H,21,22). The van der Waals surface area contributed by atoms with Crippen molar-refractivity contribution < 1.29 is 0 Å². The van der Waals surface area contributed by atoms with E-state index in [4.69, 9.17) is 4.98 Å². The second-order valence-corrected chi connectivity index (χ2v) is 8.50. The molecule has 0 radical (unpaired) electrons. The molecule has 1 N–H and O–H groups in total. The summed E-state index contributed by atoms with van der Waals surface area (Å²) < 4.78 is 0. The van der Waals surface area contributed by atoms with Gasteiger partial charge in [0.2, 0.25) is 5.95 Å². The molecule has 5 rings (SSSR count). The molecule has 0 aromatic carbocycles. The normalized spacial score (nSPS) is 19.8. The van der Waals surface area contributed by atoms with Crippen molar-refractivity contribution in [3.8, 4) is 0 Å². The average Bonchev–Trinajstić information content (AvgIpc) is 3.40. The molecule has 5 heterocycles. The van der Waals surface area contributed by atoms with Gasteiger partial charge in [0.25, 0.3) is 0 Å². The summed E-state index contributed by atoms with van der Waals surface area (Å²) in [5.74, 6) is 2.42. The van der Waals surface area contributed by atoms with Crippen LogP contribution in [0.2, 0.25) is 0 Å². The molecule has 7 heteroatoms. The van der Waals surface area contributed by atoms with E-state index in [1.165, 1.54) is 20.9 Å². The lowest BCUT2D eigenvalue weighted by Gasteiger charge is -2.27. The van der Waals surface area contributed by atoms with E-state index >= 15 is 0 Å². The molecule has 0 spiro atoms. The lowest BCUT2D eigenvalue weighted by Crippen LogP contribution is -2.31. The summed E-state index contributed by atoms with van der Waals surface area (Å²) in [6.45, 7) is 6.12. The summed E-state index contributed by atoms with van der Waals surface area (Å²) in [6.07, 6.45) is 8.07. The first-order valence-corrected chi connectivity index (χ1v) is 9.98. The highest BCUT2D eigenvalue weighted by molar-refractivity contribution is 7.12. The molecular weight excluding hydrogens is 344 g/mol. The number of aromatic amines is 1. The van der Waals surface area contributed by atoms with Crippen molar-refractivity contribution in [2.75, 3.05) is 29.4 Å². The van der Waals surface area contributed by atoms with E-state index in [0.717, 1.165) is 50.8 Å². The maximum atomic E-state index is 4.90. The number of hydrogen-bond donors (Lipinski definition) is 1. The van der Waals surface area contributed by atoms with E-state index in [2.05, 4.69) is 38.0 Å². The number of fused-ring (bicyclic) bond motifs is 1. The Bertz CT molecular complexity index is 903. The number of aryl methyl sites for hydroxylation is 1. The average molecular weight is 366 g/mol. The molecule has 0 saturated carbocycles. The third kappa shape index (κ3) is 2.86. The van der Waals surface area contributed by atoms with Crippen LogP contribution in [-0.4, -0.2) is 39.8 Å². The second-order valence-electron chi connectivity index (χ2n) is 7.16. The third-order valence-electron chi connectivity index (χ3n) is 5.42. The van der Waals surface area contributed by atoms with Crippen LogP contribution in [0.1, 0.15) is 33.2 Å². The quantitative estimate of drug-likeness (QED) is 0.772.